The second kappa shape index (κ2) is 5.72. The van der Waals surface area contributed by atoms with E-state index in [-0.39, 0.29) is 6.54 Å². The number of furan rings is 1. The Balaban J connectivity index is 1.81. The standard InChI is InChI=1S/C16H15ClN2O4/c1-16(13-6-3-7-23-13)14(21)19(15(22)18-16)9-12(20)10-4-2-5-11(17)8-10/h2-8,12,20H,9H2,1H3,(H,18,22). The number of carbonyl (C=O) groups is 2. The van der Waals surface area contributed by atoms with Crippen LogP contribution in [0.15, 0.2) is 47.1 Å². The fraction of sp³-hybridized carbons (Fsp3) is 0.250. The van der Waals surface area contributed by atoms with Crippen molar-refractivity contribution in [3.63, 3.8) is 0 Å². The third kappa shape index (κ3) is 2.71. The minimum Gasteiger partial charge on any atom is -0.466 e. The van der Waals surface area contributed by atoms with Gasteiger partial charge in [0.1, 0.15) is 5.76 Å². The van der Waals surface area contributed by atoms with Crippen LogP contribution in [0.3, 0.4) is 0 Å². The Kier molecular flexibility index (Phi) is 3.87. The Morgan fingerprint density at radius 1 is 1.35 bits per heavy atom. The number of carbonyl (C=O) groups excluding carboxylic acids is 2. The number of hydrogen-bond acceptors (Lipinski definition) is 4. The van der Waals surface area contributed by atoms with Gasteiger partial charge in [0.05, 0.1) is 18.9 Å². The normalized spacial score (nSPS) is 22.3. The van der Waals surface area contributed by atoms with Crippen molar-refractivity contribution < 1.29 is 19.1 Å². The van der Waals surface area contributed by atoms with Crippen LogP contribution >= 0.6 is 11.6 Å². The van der Waals surface area contributed by atoms with Gasteiger partial charge in [-0.3, -0.25) is 9.69 Å². The van der Waals surface area contributed by atoms with Crippen molar-refractivity contribution in [2.45, 2.75) is 18.6 Å². The molecule has 2 unspecified atom stereocenters. The van der Waals surface area contributed by atoms with Gasteiger partial charge in [-0.1, -0.05) is 23.7 Å². The number of nitrogens with one attached hydrogen (secondary N) is 1. The molecule has 7 heteroatoms. The molecular formula is C16H15ClN2O4. The number of imide groups is 1. The SMILES string of the molecule is CC1(c2ccco2)NC(=O)N(CC(O)c2cccc(Cl)c2)C1=O. The number of amides is 3. The number of rotatable bonds is 4. The summed E-state index contributed by atoms with van der Waals surface area (Å²) in [6.45, 7) is 1.40. The molecule has 0 bridgehead atoms. The van der Waals surface area contributed by atoms with Crippen LogP contribution in [0.1, 0.15) is 24.4 Å². The number of nitrogens with zero attached hydrogens (tertiary/aromatic N) is 1. The van der Waals surface area contributed by atoms with E-state index in [0.29, 0.717) is 16.3 Å². The van der Waals surface area contributed by atoms with E-state index >= 15 is 0 Å². The van der Waals surface area contributed by atoms with E-state index in [1.165, 1.54) is 6.26 Å². The lowest BCUT2D eigenvalue weighted by atomic mass is 9.99. The number of aliphatic hydroxyl groups is 1. The van der Waals surface area contributed by atoms with Crippen LogP contribution in [0.4, 0.5) is 4.79 Å². The average Bonchev–Trinajstić information content (AvgIpc) is 3.12. The summed E-state index contributed by atoms with van der Waals surface area (Å²) in [6.07, 6.45) is 0.408. The third-order valence-corrected chi connectivity index (χ3v) is 4.11. The van der Waals surface area contributed by atoms with Crippen LogP contribution in [0.2, 0.25) is 5.02 Å². The Labute approximate surface area is 137 Å². The van der Waals surface area contributed by atoms with E-state index in [2.05, 4.69) is 5.32 Å². The summed E-state index contributed by atoms with van der Waals surface area (Å²) in [6, 6.07) is 9.34. The van der Waals surface area contributed by atoms with Gasteiger partial charge in [0, 0.05) is 5.02 Å². The molecule has 3 rings (SSSR count). The first kappa shape index (κ1) is 15.6. The highest BCUT2D eigenvalue weighted by Gasteiger charge is 2.51. The van der Waals surface area contributed by atoms with Crippen molar-refractivity contribution in [1.29, 1.82) is 0 Å². The zero-order valence-electron chi connectivity index (χ0n) is 12.3. The minimum atomic E-state index is -1.27. The molecule has 23 heavy (non-hydrogen) atoms. The van der Waals surface area contributed by atoms with Gasteiger partial charge in [-0.15, -0.1) is 0 Å². The highest BCUT2D eigenvalue weighted by atomic mass is 35.5. The van der Waals surface area contributed by atoms with Gasteiger partial charge in [-0.05, 0) is 36.8 Å². The van der Waals surface area contributed by atoms with E-state index < -0.39 is 23.6 Å². The molecule has 0 aliphatic carbocycles. The average molecular weight is 335 g/mol. The summed E-state index contributed by atoms with van der Waals surface area (Å²) in [5.74, 6) is -0.130. The van der Waals surface area contributed by atoms with Gasteiger partial charge in [0.2, 0.25) is 0 Å². The molecule has 2 aromatic rings. The first-order valence-electron chi connectivity index (χ1n) is 7.03. The number of halogens is 1. The zero-order valence-corrected chi connectivity index (χ0v) is 13.1. The highest BCUT2D eigenvalue weighted by molar-refractivity contribution is 6.30. The molecular weight excluding hydrogens is 320 g/mol. The highest BCUT2D eigenvalue weighted by Crippen LogP contribution is 2.30. The fourth-order valence-electron chi connectivity index (χ4n) is 2.59. The van der Waals surface area contributed by atoms with E-state index in [0.717, 1.165) is 4.90 Å². The molecule has 0 spiro atoms. The molecule has 1 aromatic carbocycles. The summed E-state index contributed by atoms with van der Waals surface area (Å²) >= 11 is 5.89. The van der Waals surface area contributed by atoms with Crippen LogP contribution in [0.5, 0.6) is 0 Å². The molecule has 0 saturated carbocycles. The molecule has 0 radical (unpaired) electrons. The van der Waals surface area contributed by atoms with Crippen LogP contribution in [0.25, 0.3) is 0 Å². The van der Waals surface area contributed by atoms with Crippen LogP contribution in [-0.2, 0) is 10.3 Å². The quantitative estimate of drug-likeness (QED) is 0.841. The van der Waals surface area contributed by atoms with Gasteiger partial charge in [-0.2, -0.15) is 0 Å². The molecule has 2 atom stereocenters. The second-order valence-electron chi connectivity index (χ2n) is 5.52. The Morgan fingerprint density at radius 3 is 2.78 bits per heavy atom. The minimum absolute atomic E-state index is 0.165. The maximum absolute atomic E-state index is 12.6. The second-order valence-corrected chi connectivity index (χ2v) is 5.96. The smallest absolute Gasteiger partial charge is 0.325 e. The van der Waals surface area contributed by atoms with Gasteiger partial charge < -0.3 is 14.8 Å². The lowest BCUT2D eigenvalue weighted by Gasteiger charge is -2.21. The first-order valence-corrected chi connectivity index (χ1v) is 7.41. The Bertz CT molecular complexity index is 746. The molecule has 120 valence electrons. The van der Waals surface area contributed by atoms with E-state index in [9.17, 15) is 14.7 Å². The Hall–Kier alpha value is -2.31. The lowest BCUT2D eigenvalue weighted by Crippen LogP contribution is -2.41. The largest absolute Gasteiger partial charge is 0.466 e. The number of aliphatic hydroxyl groups excluding tert-OH is 1. The summed E-state index contributed by atoms with van der Waals surface area (Å²) in [4.78, 5) is 25.7. The Morgan fingerprint density at radius 2 is 2.13 bits per heavy atom. The van der Waals surface area contributed by atoms with Crippen molar-refractivity contribution in [2.75, 3.05) is 6.54 Å². The first-order chi connectivity index (χ1) is 10.9. The lowest BCUT2D eigenvalue weighted by molar-refractivity contribution is -0.132. The molecule has 6 nitrogen and oxygen atoms in total. The van der Waals surface area contributed by atoms with Crippen LogP contribution in [-0.4, -0.2) is 28.5 Å². The number of hydrogen-bond donors (Lipinski definition) is 2. The molecule has 1 aromatic heterocycles. The van der Waals surface area contributed by atoms with Crippen molar-refractivity contribution in [2.24, 2.45) is 0 Å². The topological polar surface area (TPSA) is 82.8 Å². The van der Waals surface area contributed by atoms with E-state index in [1.807, 2.05) is 0 Å². The van der Waals surface area contributed by atoms with Crippen molar-refractivity contribution in [3.8, 4) is 0 Å². The number of β-amino-alcohol motifs (C(OH)–C–C–N with tert-alkyl or cyclic N) is 1. The molecule has 1 saturated heterocycles. The van der Waals surface area contributed by atoms with Crippen LogP contribution in [0, 0.1) is 0 Å². The number of urea groups is 1. The number of benzene rings is 1. The predicted molar refractivity (Wildman–Crippen MR) is 82.7 cm³/mol. The van der Waals surface area contributed by atoms with Crippen molar-refractivity contribution in [1.82, 2.24) is 10.2 Å². The molecule has 1 fully saturated rings. The summed E-state index contributed by atoms with van der Waals surface area (Å²) in [7, 11) is 0. The van der Waals surface area contributed by atoms with Gasteiger partial charge in [0.25, 0.3) is 5.91 Å². The van der Waals surface area contributed by atoms with Crippen molar-refractivity contribution >= 4 is 23.5 Å². The fourth-order valence-corrected chi connectivity index (χ4v) is 2.78. The molecule has 2 heterocycles. The van der Waals surface area contributed by atoms with Gasteiger partial charge in [-0.25, -0.2) is 4.79 Å². The third-order valence-electron chi connectivity index (χ3n) is 3.88. The molecule has 2 N–H and O–H groups in total. The van der Waals surface area contributed by atoms with Gasteiger partial charge in [0.15, 0.2) is 5.54 Å². The van der Waals surface area contributed by atoms with E-state index in [4.69, 9.17) is 16.0 Å². The summed E-state index contributed by atoms with van der Waals surface area (Å²) < 4.78 is 5.25. The predicted octanol–water partition coefficient (Wildman–Crippen LogP) is 2.43. The monoisotopic (exact) mass is 334 g/mol. The molecule has 1 aliphatic heterocycles. The maximum atomic E-state index is 12.6. The maximum Gasteiger partial charge on any atom is 0.325 e. The summed E-state index contributed by atoms with van der Waals surface area (Å²) in [5.41, 5.74) is -0.737. The zero-order chi connectivity index (χ0) is 16.6. The van der Waals surface area contributed by atoms with Crippen molar-refractivity contribution in [3.05, 3.63) is 59.0 Å². The van der Waals surface area contributed by atoms with Gasteiger partial charge >= 0.3 is 6.03 Å². The molecule has 1 aliphatic rings. The summed E-state index contributed by atoms with van der Waals surface area (Å²) in [5, 5.41) is 13.4. The molecule has 3 amide bonds. The van der Waals surface area contributed by atoms with E-state index in [1.54, 1.807) is 43.3 Å². The van der Waals surface area contributed by atoms with Crippen LogP contribution < -0.4 is 5.32 Å².